The number of anilines is 2. The summed E-state index contributed by atoms with van der Waals surface area (Å²) in [5, 5.41) is 3.25. The Morgan fingerprint density at radius 2 is 2.20 bits per heavy atom. The van der Waals surface area contributed by atoms with Gasteiger partial charge < -0.3 is 20.3 Å². The number of nitrogens with zero attached hydrogens (tertiary/aromatic N) is 5. The highest BCUT2D eigenvalue weighted by molar-refractivity contribution is 7.19. The molecule has 0 aromatic carbocycles. The number of hydrogen-bond donors (Lipinski definition) is 2. The van der Waals surface area contributed by atoms with E-state index in [4.69, 9.17) is 10.5 Å². The van der Waals surface area contributed by atoms with Gasteiger partial charge in [0.05, 0.1) is 22.9 Å². The summed E-state index contributed by atoms with van der Waals surface area (Å²) in [5.74, 6) is 0.0782. The molecule has 0 bridgehead atoms. The molecule has 3 rings (SSSR count). The summed E-state index contributed by atoms with van der Waals surface area (Å²) in [6.45, 7) is 5.27. The van der Waals surface area contributed by atoms with Crippen LogP contribution >= 0.6 is 11.3 Å². The number of thiazole rings is 1. The number of nitrogens with two attached hydrogens (primary N) is 1. The van der Waals surface area contributed by atoms with Crippen LogP contribution < -0.4 is 16.0 Å². The van der Waals surface area contributed by atoms with Crippen molar-refractivity contribution in [2.24, 2.45) is 5.73 Å². The van der Waals surface area contributed by atoms with E-state index in [0.29, 0.717) is 37.2 Å². The average Bonchev–Trinajstić information content (AvgIpc) is 3.29. The third-order valence-corrected chi connectivity index (χ3v) is 6.37. The number of urea groups is 1. The molecule has 3 amide bonds. The van der Waals surface area contributed by atoms with Crippen LogP contribution in [0.1, 0.15) is 25.5 Å². The van der Waals surface area contributed by atoms with Gasteiger partial charge in [-0.1, -0.05) is 11.3 Å². The highest BCUT2D eigenvalue weighted by Gasteiger charge is 2.44. The monoisotopic (exact) mass is 433 g/mol. The van der Waals surface area contributed by atoms with Gasteiger partial charge in [0.2, 0.25) is 11.9 Å². The molecule has 3 N–H and O–H groups in total. The zero-order valence-electron chi connectivity index (χ0n) is 17.6. The van der Waals surface area contributed by atoms with Crippen molar-refractivity contribution in [1.29, 1.82) is 0 Å². The zero-order valence-corrected chi connectivity index (χ0v) is 18.5. The molecule has 30 heavy (non-hydrogen) atoms. The molecule has 162 valence electrons. The number of carbonyl (C=O) groups excluding carboxylic acids is 2. The molecule has 2 aromatic heterocycles. The molecule has 1 atom stereocenters. The van der Waals surface area contributed by atoms with Crippen molar-refractivity contribution in [2.45, 2.75) is 32.2 Å². The smallest absolute Gasteiger partial charge is 0.324 e. The van der Waals surface area contributed by atoms with E-state index in [9.17, 15) is 9.59 Å². The second-order valence-corrected chi connectivity index (χ2v) is 8.41. The van der Waals surface area contributed by atoms with Gasteiger partial charge in [0.1, 0.15) is 5.54 Å². The number of likely N-dealkylation sites (N-methyl/N-ethyl adjacent to an activating group) is 1. The molecular formula is C19H27N7O3S. The normalized spacial score (nSPS) is 18.5. The van der Waals surface area contributed by atoms with Gasteiger partial charge in [-0.25, -0.2) is 19.7 Å². The molecule has 1 aliphatic rings. The Labute approximate surface area is 179 Å². The summed E-state index contributed by atoms with van der Waals surface area (Å²) < 4.78 is 5.10. The molecule has 3 heterocycles. The quantitative estimate of drug-likeness (QED) is 0.682. The Kier molecular flexibility index (Phi) is 6.52. The Hall–Kier alpha value is -2.79. The summed E-state index contributed by atoms with van der Waals surface area (Å²) in [7, 11) is 3.55. The number of nitrogens with one attached hydrogen (secondary N) is 1. The summed E-state index contributed by atoms with van der Waals surface area (Å²) in [5.41, 5.74) is 6.02. The van der Waals surface area contributed by atoms with Crippen LogP contribution in [-0.2, 0) is 9.53 Å². The number of amides is 3. The van der Waals surface area contributed by atoms with Crippen LogP contribution in [0.15, 0.2) is 12.3 Å². The van der Waals surface area contributed by atoms with Crippen molar-refractivity contribution in [1.82, 2.24) is 19.9 Å². The lowest BCUT2D eigenvalue weighted by molar-refractivity contribution is -0.126. The molecule has 0 aliphatic carbocycles. The van der Waals surface area contributed by atoms with Gasteiger partial charge in [-0.3, -0.25) is 10.1 Å². The Morgan fingerprint density at radius 1 is 1.43 bits per heavy atom. The molecule has 2 aromatic rings. The predicted molar refractivity (Wildman–Crippen MR) is 116 cm³/mol. The fourth-order valence-electron chi connectivity index (χ4n) is 3.38. The minimum atomic E-state index is -0.979. The van der Waals surface area contributed by atoms with Crippen molar-refractivity contribution in [3.8, 4) is 10.6 Å². The highest BCUT2D eigenvalue weighted by Crippen LogP contribution is 2.34. The van der Waals surface area contributed by atoms with E-state index in [1.807, 2.05) is 24.9 Å². The van der Waals surface area contributed by atoms with Crippen molar-refractivity contribution >= 4 is 34.4 Å². The van der Waals surface area contributed by atoms with Crippen molar-refractivity contribution < 1.29 is 14.3 Å². The molecular weight excluding hydrogens is 406 g/mol. The summed E-state index contributed by atoms with van der Waals surface area (Å²) in [4.78, 5) is 42.2. The second kappa shape index (κ2) is 8.92. The maximum absolute atomic E-state index is 12.8. The van der Waals surface area contributed by atoms with Crippen molar-refractivity contribution in [3.63, 3.8) is 0 Å². The van der Waals surface area contributed by atoms with E-state index >= 15 is 0 Å². The first-order valence-electron chi connectivity index (χ1n) is 9.65. The molecule has 10 nitrogen and oxygen atoms in total. The molecule has 0 radical (unpaired) electrons. The standard InChI is InChI=1S/C19H27N7O3S/c1-12-14(13-6-8-21-16(23-13)25(3)10-11-29-4)30-17(22-12)24-18(28)26-9-5-7-19(26,2)15(20)27/h6,8H,5,7,9-11H2,1-4H3,(H2,20,27)(H,22,24,28)/t19-/m0/s1. The van der Waals surface area contributed by atoms with E-state index in [1.165, 1.54) is 16.2 Å². The van der Waals surface area contributed by atoms with Gasteiger partial charge in [0.15, 0.2) is 5.13 Å². The number of primary amides is 1. The van der Waals surface area contributed by atoms with E-state index < -0.39 is 11.4 Å². The van der Waals surface area contributed by atoms with Gasteiger partial charge in [0, 0.05) is 33.4 Å². The summed E-state index contributed by atoms with van der Waals surface area (Å²) in [6.07, 6.45) is 2.98. The lowest BCUT2D eigenvalue weighted by Crippen LogP contribution is -2.55. The lowest BCUT2D eigenvalue weighted by atomic mass is 9.98. The largest absolute Gasteiger partial charge is 0.383 e. The third-order valence-electron chi connectivity index (χ3n) is 5.28. The van der Waals surface area contributed by atoms with Gasteiger partial charge in [-0.15, -0.1) is 0 Å². The Morgan fingerprint density at radius 3 is 2.90 bits per heavy atom. The topological polar surface area (TPSA) is 127 Å². The number of carbonyl (C=O) groups is 2. The number of aryl methyl sites for hydroxylation is 1. The minimum Gasteiger partial charge on any atom is -0.383 e. The van der Waals surface area contributed by atoms with Crippen molar-refractivity contribution in [2.75, 3.05) is 44.1 Å². The van der Waals surface area contributed by atoms with Gasteiger partial charge >= 0.3 is 6.03 Å². The van der Waals surface area contributed by atoms with E-state index in [-0.39, 0.29) is 6.03 Å². The molecule has 0 spiro atoms. The fraction of sp³-hybridized carbons (Fsp3) is 0.526. The molecule has 1 fully saturated rings. The number of methoxy groups -OCH3 is 1. The predicted octanol–water partition coefficient (Wildman–Crippen LogP) is 1.86. The maximum atomic E-state index is 12.8. The first kappa shape index (κ1) is 21.9. The Bertz CT molecular complexity index is 935. The Balaban J connectivity index is 1.78. The number of rotatable bonds is 7. The van der Waals surface area contributed by atoms with Crippen LogP contribution in [0.4, 0.5) is 15.9 Å². The number of likely N-dealkylation sites (tertiary alicyclic amines) is 1. The van der Waals surface area contributed by atoms with E-state index in [1.54, 1.807) is 20.2 Å². The SMILES string of the molecule is COCCN(C)c1nccc(-c2sc(NC(=O)N3CCC[C@@]3(C)C(N)=O)nc2C)n1. The van der Waals surface area contributed by atoms with Gasteiger partial charge in [0.25, 0.3) is 0 Å². The summed E-state index contributed by atoms with van der Waals surface area (Å²) >= 11 is 1.33. The molecule has 11 heteroatoms. The van der Waals surface area contributed by atoms with Crippen LogP contribution in [-0.4, -0.2) is 71.2 Å². The lowest BCUT2D eigenvalue weighted by Gasteiger charge is -2.31. The molecule has 0 unspecified atom stereocenters. The van der Waals surface area contributed by atoms with Crippen LogP contribution in [0.2, 0.25) is 0 Å². The average molecular weight is 434 g/mol. The maximum Gasteiger partial charge on any atom is 0.324 e. The number of ether oxygens (including phenoxy) is 1. The van der Waals surface area contributed by atoms with E-state index in [0.717, 1.165) is 22.7 Å². The first-order valence-corrected chi connectivity index (χ1v) is 10.5. The van der Waals surface area contributed by atoms with Crippen LogP contribution in [0, 0.1) is 6.92 Å². The highest BCUT2D eigenvalue weighted by atomic mass is 32.1. The van der Waals surface area contributed by atoms with Crippen LogP contribution in [0.25, 0.3) is 10.6 Å². The number of hydrogen-bond acceptors (Lipinski definition) is 8. The second-order valence-electron chi connectivity index (χ2n) is 7.41. The van der Waals surface area contributed by atoms with Crippen molar-refractivity contribution in [3.05, 3.63) is 18.0 Å². The number of aromatic nitrogens is 3. The molecule has 0 saturated carbocycles. The molecule has 1 aliphatic heterocycles. The van der Waals surface area contributed by atoms with Crippen LogP contribution in [0.5, 0.6) is 0 Å². The zero-order chi connectivity index (χ0) is 21.9. The van der Waals surface area contributed by atoms with Crippen LogP contribution in [0.3, 0.4) is 0 Å². The first-order chi connectivity index (χ1) is 14.3. The fourth-order valence-corrected chi connectivity index (χ4v) is 4.30. The van der Waals surface area contributed by atoms with Gasteiger partial charge in [-0.05, 0) is 32.8 Å². The van der Waals surface area contributed by atoms with Gasteiger partial charge in [-0.2, -0.15) is 0 Å². The molecule has 1 saturated heterocycles. The third kappa shape index (κ3) is 4.36. The van der Waals surface area contributed by atoms with E-state index in [2.05, 4.69) is 20.3 Å². The summed E-state index contributed by atoms with van der Waals surface area (Å²) in [6, 6.07) is 1.43. The minimum absolute atomic E-state index is 0.378.